The van der Waals surface area contributed by atoms with Crippen molar-refractivity contribution < 1.29 is 0 Å². The summed E-state index contributed by atoms with van der Waals surface area (Å²) in [5.74, 6) is 0. The van der Waals surface area contributed by atoms with E-state index in [1.54, 1.807) is 11.3 Å². The van der Waals surface area contributed by atoms with Crippen LogP contribution in [-0.4, -0.2) is 10.4 Å². The van der Waals surface area contributed by atoms with Crippen LogP contribution in [0, 0.1) is 0 Å². The molecule has 0 aliphatic rings. The first kappa shape index (κ1) is 13.7. The smallest absolute Gasteiger partial charge is 0.0797 e. The van der Waals surface area contributed by atoms with Gasteiger partial charge in [-0.15, -0.1) is 22.9 Å². The van der Waals surface area contributed by atoms with Gasteiger partial charge in [-0.3, -0.25) is 0 Å². The minimum Gasteiger partial charge on any atom is -0.249 e. The van der Waals surface area contributed by atoms with Gasteiger partial charge in [-0.05, 0) is 32.1 Å². The molecule has 3 heteroatoms. The number of hydrogen-bond acceptors (Lipinski definition) is 2. The number of aryl methyl sites for hydroxylation is 2. The van der Waals surface area contributed by atoms with E-state index in [0.29, 0.717) is 0 Å². The Labute approximate surface area is 108 Å². The van der Waals surface area contributed by atoms with Crippen molar-refractivity contribution in [3.63, 3.8) is 0 Å². The molecule has 1 nitrogen and oxygen atoms in total. The molecule has 0 aliphatic carbocycles. The Morgan fingerprint density at radius 2 is 2.31 bits per heavy atom. The zero-order chi connectivity index (χ0) is 12.0. The van der Waals surface area contributed by atoms with Gasteiger partial charge in [0, 0.05) is 4.88 Å². The van der Waals surface area contributed by atoms with Crippen LogP contribution in [-0.2, 0) is 12.8 Å². The van der Waals surface area contributed by atoms with Crippen LogP contribution in [0.3, 0.4) is 0 Å². The van der Waals surface area contributed by atoms with E-state index in [0.717, 1.165) is 32.1 Å². The van der Waals surface area contributed by atoms with Gasteiger partial charge in [-0.1, -0.05) is 26.0 Å². The lowest BCUT2D eigenvalue weighted by atomic mass is 10.0. The van der Waals surface area contributed by atoms with Crippen molar-refractivity contribution in [1.82, 2.24) is 4.98 Å². The molecule has 1 heterocycles. The van der Waals surface area contributed by atoms with Gasteiger partial charge in [0.2, 0.25) is 0 Å². The van der Waals surface area contributed by atoms with Gasteiger partial charge in [-0.2, -0.15) is 0 Å². The topological polar surface area (TPSA) is 12.9 Å². The Hall–Kier alpha value is -0.340. The molecule has 0 aliphatic heterocycles. The van der Waals surface area contributed by atoms with Crippen molar-refractivity contribution in [2.45, 2.75) is 51.3 Å². The van der Waals surface area contributed by atoms with Gasteiger partial charge in [0.05, 0.1) is 16.6 Å². The summed E-state index contributed by atoms with van der Waals surface area (Å²) in [6, 6.07) is 0. The lowest BCUT2D eigenvalue weighted by Gasteiger charge is -2.09. The summed E-state index contributed by atoms with van der Waals surface area (Å²) in [6.45, 7) is 8.30. The van der Waals surface area contributed by atoms with E-state index >= 15 is 0 Å². The number of allylic oxidation sites excluding steroid dienone is 1. The molecular weight excluding hydrogens is 238 g/mol. The van der Waals surface area contributed by atoms with Crippen LogP contribution < -0.4 is 0 Å². The summed E-state index contributed by atoms with van der Waals surface area (Å²) in [7, 11) is 0. The monoisotopic (exact) mass is 257 g/mol. The largest absolute Gasteiger partial charge is 0.249 e. The maximum Gasteiger partial charge on any atom is 0.0797 e. The van der Waals surface area contributed by atoms with Gasteiger partial charge in [0.1, 0.15) is 0 Å². The predicted molar refractivity (Wildman–Crippen MR) is 73.5 cm³/mol. The summed E-state index contributed by atoms with van der Waals surface area (Å²) >= 11 is 7.89. The Kier molecular flexibility index (Phi) is 6.07. The van der Waals surface area contributed by atoms with E-state index in [1.165, 1.54) is 16.1 Å². The molecule has 0 aromatic carbocycles. The second-order valence-corrected chi connectivity index (χ2v) is 5.43. The third-order valence-electron chi connectivity index (χ3n) is 2.76. The molecule has 1 rings (SSSR count). The number of thiazole rings is 1. The molecule has 0 spiro atoms. The first-order valence-electron chi connectivity index (χ1n) is 5.92. The van der Waals surface area contributed by atoms with E-state index in [9.17, 15) is 0 Å². The average molecular weight is 258 g/mol. The van der Waals surface area contributed by atoms with E-state index < -0.39 is 0 Å². The van der Waals surface area contributed by atoms with Crippen molar-refractivity contribution in [1.29, 1.82) is 0 Å². The normalized spacial score (nSPS) is 12.7. The summed E-state index contributed by atoms with van der Waals surface area (Å²) < 4.78 is 0. The quantitative estimate of drug-likeness (QED) is 0.514. The van der Waals surface area contributed by atoms with Crippen molar-refractivity contribution >= 4 is 22.9 Å². The molecule has 0 saturated heterocycles. The molecule has 1 aromatic heterocycles. The standard InChI is InChI=1S/C13H20ClNS/c1-4-11(14)10(3)7-6-8-13-12(5-2)15-9-16-13/h9,11H,3-8H2,1-2H3. The molecule has 0 bridgehead atoms. The molecule has 1 unspecified atom stereocenters. The number of aromatic nitrogens is 1. The molecule has 0 N–H and O–H groups in total. The van der Waals surface area contributed by atoms with Crippen LogP contribution in [0.2, 0.25) is 0 Å². The number of nitrogens with zero attached hydrogens (tertiary/aromatic N) is 1. The molecule has 0 amide bonds. The predicted octanol–water partition coefficient (Wildman–Crippen LogP) is 4.60. The number of halogens is 1. The van der Waals surface area contributed by atoms with Crippen LogP contribution in [0.1, 0.15) is 43.7 Å². The molecular formula is C13H20ClNS. The molecule has 16 heavy (non-hydrogen) atoms. The Morgan fingerprint density at radius 3 is 2.94 bits per heavy atom. The van der Waals surface area contributed by atoms with Crippen molar-refractivity contribution in [3.8, 4) is 0 Å². The van der Waals surface area contributed by atoms with Crippen LogP contribution in [0.4, 0.5) is 0 Å². The van der Waals surface area contributed by atoms with Gasteiger partial charge in [-0.25, -0.2) is 4.98 Å². The van der Waals surface area contributed by atoms with Gasteiger partial charge in [0.25, 0.3) is 0 Å². The second-order valence-electron chi connectivity index (χ2n) is 3.96. The van der Waals surface area contributed by atoms with Gasteiger partial charge in [0.15, 0.2) is 0 Å². The van der Waals surface area contributed by atoms with E-state index in [1.807, 2.05) is 5.51 Å². The fourth-order valence-electron chi connectivity index (χ4n) is 1.71. The van der Waals surface area contributed by atoms with Crippen molar-refractivity contribution in [3.05, 3.63) is 28.2 Å². The summed E-state index contributed by atoms with van der Waals surface area (Å²) in [5.41, 5.74) is 4.37. The van der Waals surface area contributed by atoms with Crippen molar-refractivity contribution in [2.75, 3.05) is 0 Å². The molecule has 0 saturated carbocycles. The Morgan fingerprint density at radius 1 is 1.56 bits per heavy atom. The average Bonchev–Trinajstić information content (AvgIpc) is 2.75. The van der Waals surface area contributed by atoms with Crippen LogP contribution in [0.5, 0.6) is 0 Å². The third-order valence-corrected chi connectivity index (χ3v) is 4.32. The van der Waals surface area contributed by atoms with Crippen LogP contribution in [0.15, 0.2) is 17.7 Å². The number of alkyl halides is 1. The lowest BCUT2D eigenvalue weighted by molar-refractivity contribution is 0.765. The Balaban J connectivity index is 2.33. The second kappa shape index (κ2) is 7.08. The third kappa shape index (κ3) is 3.91. The fourth-order valence-corrected chi connectivity index (χ4v) is 2.72. The molecule has 90 valence electrons. The maximum absolute atomic E-state index is 6.13. The SMILES string of the molecule is C=C(CCCc1scnc1CC)C(Cl)CC. The highest BCUT2D eigenvalue weighted by atomic mass is 35.5. The van der Waals surface area contributed by atoms with Crippen molar-refractivity contribution in [2.24, 2.45) is 0 Å². The minimum atomic E-state index is 0.145. The highest BCUT2D eigenvalue weighted by Crippen LogP contribution is 2.21. The molecule has 0 fully saturated rings. The first-order valence-corrected chi connectivity index (χ1v) is 7.23. The molecule has 1 atom stereocenters. The summed E-state index contributed by atoms with van der Waals surface area (Å²) in [4.78, 5) is 5.78. The zero-order valence-corrected chi connectivity index (χ0v) is 11.7. The Bertz CT molecular complexity index is 332. The zero-order valence-electron chi connectivity index (χ0n) is 10.1. The van der Waals surface area contributed by atoms with Crippen LogP contribution >= 0.6 is 22.9 Å². The minimum absolute atomic E-state index is 0.145. The fraction of sp³-hybridized carbons (Fsp3) is 0.615. The van der Waals surface area contributed by atoms with Gasteiger partial charge >= 0.3 is 0 Å². The van der Waals surface area contributed by atoms with E-state index in [2.05, 4.69) is 25.4 Å². The molecule has 1 aromatic rings. The van der Waals surface area contributed by atoms with E-state index in [4.69, 9.17) is 11.6 Å². The van der Waals surface area contributed by atoms with E-state index in [-0.39, 0.29) is 5.38 Å². The molecule has 0 radical (unpaired) electrons. The number of hydrogen-bond donors (Lipinski definition) is 0. The summed E-state index contributed by atoms with van der Waals surface area (Å²) in [5, 5.41) is 0.145. The maximum atomic E-state index is 6.13. The highest BCUT2D eigenvalue weighted by Gasteiger charge is 2.08. The number of rotatable bonds is 7. The highest BCUT2D eigenvalue weighted by molar-refractivity contribution is 7.09. The summed E-state index contributed by atoms with van der Waals surface area (Å²) in [6.07, 6.45) is 5.29. The lowest BCUT2D eigenvalue weighted by Crippen LogP contribution is -2.00. The van der Waals surface area contributed by atoms with Crippen LogP contribution in [0.25, 0.3) is 0 Å². The van der Waals surface area contributed by atoms with Gasteiger partial charge < -0.3 is 0 Å². The first-order chi connectivity index (χ1) is 7.69.